The highest BCUT2D eigenvalue weighted by molar-refractivity contribution is 7.89. The summed E-state index contributed by atoms with van der Waals surface area (Å²) in [5.74, 6) is 2.40. The van der Waals surface area contributed by atoms with Gasteiger partial charge >= 0.3 is 0 Å². The number of ether oxygens (including phenoxy) is 2. The van der Waals surface area contributed by atoms with Crippen LogP contribution in [0.2, 0.25) is 0 Å². The number of hydrogen-bond acceptors (Lipinski definition) is 7. The summed E-state index contributed by atoms with van der Waals surface area (Å²) in [6.07, 6.45) is 1.45. The molecule has 0 radical (unpaired) electrons. The van der Waals surface area contributed by atoms with Crippen LogP contribution in [-0.2, 0) is 10.0 Å². The van der Waals surface area contributed by atoms with E-state index in [1.54, 1.807) is 35.7 Å². The van der Waals surface area contributed by atoms with Gasteiger partial charge in [-0.15, -0.1) is 0 Å². The lowest BCUT2D eigenvalue weighted by atomic mass is 10.2. The first-order valence-electron chi connectivity index (χ1n) is 10.3. The number of aryl methyl sites for hydroxylation is 1. The van der Waals surface area contributed by atoms with E-state index >= 15 is 0 Å². The monoisotopic (exact) mass is 454 g/mol. The van der Waals surface area contributed by atoms with E-state index in [-0.39, 0.29) is 6.04 Å². The van der Waals surface area contributed by atoms with Crippen molar-refractivity contribution < 1.29 is 17.9 Å². The Balaban J connectivity index is 1.47. The van der Waals surface area contributed by atoms with Gasteiger partial charge in [-0.25, -0.2) is 18.4 Å². The number of nitrogens with zero attached hydrogens (tertiary/aromatic N) is 4. The number of methoxy groups -OCH3 is 1. The summed E-state index contributed by atoms with van der Waals surface area (Å²) in [6.45, 7) is 5.25. The number of piperazine rings is 1. The smallest absolute Gasteiger partial charge is 0.243 e. The normalized spacial score (nSPS) is 17.2. The van der Waals surface area contributed by atoms with Gasteiger partial charge in [0.15, 0.2) is 0 Å². The molecule has 1 aliphatic heterocycles. The summed E-state index contributed by atoms with van der Waals surface area (Å²) < 4.78 is 38.9. The summed E-state index contributed by atoms with van der Waals surface area (Å²) in [4.78, 5) is 10.9. The molecule has 1 unspecified atom stereocenters. The second-order valence-electron chi connectivity index (χ2n) is 7.72. The fourth-order valence-corrected chi connectivity index (χ4v) is 5.31. The summed E-state index contributed by atoms with van der Waals surface area (Å²) >= 11 is 0. The molecule has 0 N–H and O–H groups in total. The summed E-state index contributed by atoms with van der Waals surface area (Å²) in [5, 5.41) is 0. The third-order valence-electron chi connectivity index (χ3n) is 5.41. The second kappa shape index (κ2) is 9.13. The lowest BCUT2D eigenvalue weighted by Gasteiger charge is -2.39. The Morgan fingerprint density at radius 1 is 1.00 bits per heavy atom. The van der Waals surface area contributed by atoms with E-state index in [0.717, 1.165) is 5.56 Å². The van der Waals surface area contributed by atoms with E-state index in [1.165, 1.54) is 6.33 Å². The molecule has 8 nitrogen and oxygen atoms in total. The van der Waals surface area contributed by atoms with Crippen molar-refractivity contribution >= 4 is 15.8 Å². The summed E-state index contributed by atoms with van der Waals surface area (Å²) in [6, 6.07) is 15.8. The summed E-state index contributed by atoms with van der Waals surface area (Å²) in [7, 11) is -1.95. The zero-order valence-corrected chi connectivity index (χ0v) is 19.1. The first-order valence-corrected chi connectivity index (χ1v) is 11.8. The molecule has 1 aliphatic rings. The first kappa shape index (κ1) is 22.0. The molecular weight excluding hydrogens is 428 g/mol. The average Bonchev–Trinajstić information content (AvgIpc) is 2.79. The fraction of sp³-hybridized carbons (Fsp3) is 0.304. The number of anilines is 1. The van der Waals surface area contributed by atoms with Crippen molar-refractivity contribution in [2.24, 2.45) is 0 Å². The van der Waals surface area contributed by atoms with Gasteiger partial charge in [-0.3, -0.25) is 0 Å². The molecule has 0 bridgehead atoms. The lowest BCUT2D eigenvalue weighted by molar-refractivity contribution is 0.305. The van der Waals surface area contributed by atoms with Crippen LogP contribution in [0.15, 0.2) is 65.8 Å². The van der Waals surface area contributed by atoms with Crippen LogP contribution >= 0.6 is 0 Å². The van der Waals surface area contributed by atoms with Crippen molar-refractivity contribution in [1.82, 2.24) is 14.3 Å². The Bertz CT molecular complexity index is 1180. The zero-order chi connectivity index (χ0) is 22.7. The zero-order valence-electron chi connectivity index (χ0n) is 18.3. The van der Waals surface area contributed by atoms with Gasteiger partial charge in [-0.2, -0.15) is 4.31 Å². The van der Waals surface area contributed by atoms with Crippen LogP contribution in [0.5, 0.6) is 17.4 Å². The van der Waals surface area contributed by atoms with Crippen LogP contribution in [0.1, 0.15) is 12.5 Å². The maximum absolute atomic E-state index is 13.1. The van der Waals surface area contributed by atoms with Crippen molar-refractivity contribution in [1.29, 1.82) is 0 Å². The summed E-state index contributed by atoms with van der Waals surface area (Å²) in [5.41, 5.74) is 1.03. The predicted molar refractivity (Wildman–Crippen MR) is 122 cm³/mol. The van der Waals surface area contributed by atoms with Gasteiger partial charge < -0.3 is 14.4 Å². The standard InChI is InChI=1S/C23H26N4O4S/c1-17-7-9-21(10-8-17)32(28,29)27-12-11-26(15-18(27)2)22-14-23(25-16-24-22)31-20-6-4-5-19(13-20)30-3/h4-10,13-14,16,18H,11-12,15H2,1-3H3. The van der Waals surface area contributed by atoms with Crippen LogP contribution in [0.4, 0.5) is 5.82 Å². The SMILES string of the molecule is COc1cccc(Oc2cc(N3CCN(S(=O)(=O)c4ccc(C)cc4)C(C)C3)ncn2)c1. The van der Waals surface area contributed by atoms with Crippen LogP contribution in [0.25, 0.3) is 0 Å². The molecule has 4 rings (SSSR count). The second-order valence-corrected chi connectivity index (χ2v) is 9.61. The molecule has 0 spiro atoms. The molecule has 9 heteroatoms. The van der Waals surface area contributed by atoms with Gasteiger partial charge in [0.05, 0.1) is 12.0 Å². The molecule has 2 heterocycles. The van der Waals surface area contributed by atoms with E-state index in [0.29, 0.717) is 47.7 Å². The van der Waals surface area contributed by atoms with Gasteiger partial charge in [0.2, 0.25) is 15.9 Å². The molecule has 1 aromatic heterocycles. The molecule has 2 aromatic carbocycles. The van der Waals surface area contributed by atoms with Crippen LogP contribution in [-0.4, -0.2) is 55.5 Å². The molecule has 1 atom stereocenters. The van der Waals surface area contributed by atoms with Crippen molar-refractivity contribution in [3.8, 4) is 17.4 Å². The van der Waals surface area contributed by atoms with Crippen molar-refractivity contribution in [3.05, 3.63) is 66.5 Å². The molecule has 0 aliphatic carbocycles. The molecule has 168 valence electrons. The van der Waals surface area contributed by atoms with E-state index < -0.39 is 10.0 Å². The number of sulfonamides is 1. The maximum atomic E-state index is 13.1. The van der Waals surface area contributed by atoms with E-state index in [9.17, 15) is 8.42 Å². The molecule has 1 fully saturated rings. The molecule has 0 amide bonds. The van der Waals surface area contributed by atoms with Gasteiger partial charge in [0.1, 0.15) is 23.6 Å². The Kier molecular flexibility index (Phi) is 6.29. The van der Waals surface area contributed by atoms with Crippen LogP contribution < -0.4 is 14.4 Å². The highest BCUT2D eigenvalue weighted by Crippen LogP contribution is 2.28. The minimum absolute atomic E-state index is 0.215. The molecule has 1 saturated heterocycles. The van der Waals surface area contributed by atoms with Gasteiger partial charge in [-0.1, -0.05) is 23.8 Å². The minimum atomic E-state index is -3.55. The number of hydrogen-bond donors (Lipinski definition) is 0. The molecule has 3 aromatic rings. The topological polar surface area (TPSA) is 84.9 Å². The first-order chi connectivity index (χ1) is 15.4. The Hall–Kier alpha value is -3.17. The van der Waals surface area contributed by atoms with Gasteiger partial charge in [0.25, 0.3) is 0 Å². The molecule has 32 heavy (non-hydrogen) atoms. The lowest BCUT2D eigenvalue weighted by Crippen LogP contribution is -2.54. The Morgan fingerprint density at radius 3 is 2.47 bits per heavy atom. The molecular formula is C23H26N4O4S. The van der Waals surface area contributed by atoms with Crippen molar-refractivity contribution in [2.75, 3.05) is 31.6 Å². The predicted octanol–water partition coefficient (Wildman–Crippen LogP) is 3.49. The van der Waals surface area contributed by atoms with Gasteiger partial charge in [0, 0.05) is 37.8 Å². The van der Waals surface area contributed by atoms with Gasteiger partial charge in [-0.05, 0) is 38.1 Å². The van der Waals surface area contributed by atoms with Crippen molar-refractivity contribution in [2.45, 2.75) is 24.8 Å². The Morgan fingerprint density at radius 2 is 1.75 bits per heavy atom. The molecule has 0 saturated carbocycles. The van der Waals surface area contributed by atoms with E-state index in [4.69, 9.17) is 9.47 Å². The van der Waals surface area contributed by atoms with Crippen molar-refractivity contribution in [3.63, 3.8) is 0 Å². The fourth-order valence-electron chi connectivity index (χ4n) is 3.70. The van der Waals surface area contributed by atoms with E-state index in [2.05, 4.69) is 9.97 Å². The largest absolute Gasteiger partial charge is 0.497 e. The maximum Gasteiger partial charge on any atom is 0.243 e. The highest BCUT2D eigenvalue weighted by atomic mass is 32.2. The average molecular weight is 455 g/mol. The number of aromatic nitrogens is 2. The number of rotatable bonds is 6. The minimum Gasteiger partial charge on any atom is -0.497 e. The quantitative estimate of drug-likeness (QED) is 0.564. The Labute approximate surface area is 188 Å². The number of benzene rings is 2. The third kappa shape index (κ3) is 4.68. The third-order valence-corrected chi connectivity index (χ3v) is 7.44. The van der Waals surface area contributed by atoms with Crippen LogP contribution in [0.3, 0.4) is 0 Å². The van der Waals surface area contributed by atoms with E-state index in [1.807, 2.05) is 49.1 Å². The van der Waals surface area contributed by atoms with Crippen LogP contribution in [0, 0.1) is 6.92 Å². The highest BCUT2D eigenvalue weighted by Gasteiger charge is 2.34.